The first kappa shape index (κ1) is 59.2. The summed E-state index contributed by atoms with van der Waals surface area (Å²) in [5, 5.41) is 47.5. The number of ketones is 2. The first-order valence-corrected chi connectivity index (χ1v) is 24.0. The van der Waals surface area contributed by atoms with Crippen molar-refractivity contribution in [3.05, 3.63) is 211 Å². The van der Waals surface area contributed by atoms with Gasteiger partial charge >= 0.3 is 24.3 Å². The minimum absolute atomic E-state index is 0.0630. The highest BCUT2D eigenvalue weighted by molar-refractivity contribution is 6.01. The number of alkyl halides is 6. The van der Waals surface area contributed by atoms with Gasteiger partial charge in [0.1, 0.15) is 23.0 Å². The van der Waals surface area contributed by atoms with Crippen molar-refractivity contribution in [1.29, 1.82) is 0 Å². The highest BCUT2D eigenvalue weighted by Gasteiger charge is 2.54. The summed E-state index contributed by atoms with van der Waals surface area (Å²) in [6.07, 6.45) is -8.31. The van der Waals surface area contributed by atoms with Crippen LogP contribution in [0.2, 0.25) is 0 Å². The zero-order valence-corrected chi connectivity index (χ0v) is 41.5. The Hall–Kier alpha value is -9.02. The van der Waals surface area contributed by atoms with Crippen molar-refractivity contribution in [3.8, 4) is 23.0 Å². The van der Waals surface area contributed by atoms with E-state index in [2.05, 4.69) is 0 Å². The lowest BCUT2D eigenvalue weighted by Gasteiger charge is -2.42. The van der Waals surface area contributed by atoms with Crippen LogP contribution in [0.5, 0.6) is 23.0 Å². The molecule has 2 N–H and O–H groups in total. The van der Waals surface area contributed by atoms with E-state index in [4.69, 9.17) is 18.9 Å². The van der Waals surface area contributed by atoms with Crippen LogP contribution in [-0.2, 0) is 22.4 Å². The molecule has 22 heteroatoms. The number of carbonyl (C=O) groups excluding carboxylic acids is 4. The third-order valence-electron chi connectivity index (χ3n) is 12.0. The van der Waals surface area contributed by atoms with E-state index in [0.29, 0.717) is 11.1 Å². The summed E-state index contributed by atoms with van der Waals surface area (Å²) in [4.78, 5) is 75.8. The molecule has 6 aromatic carbocycles. The molecule has 0 heterocycles. The zero-order valence-electron chi connectivity index (χ0n) is 41.5. The van der Waals surface area contributed by atoms with E-state index < -0.39 is 89.0 Å². The van der Waals surface area contributed by atoms with Crippen LogP contribution in [0.4, 0.5) is 37.7 Å². The van der Waals surface area contributed by atoms with Crippen LogP contribution in [0, 0.1) is 25.6 Å². The number of esters is 2. The van der Waals surface area contributed by atoms with Gasteiger partial charge in [-0.15, -0.1) is 0 Å². The second kappa shape index (κ2) is 26.4. The van der Waals surface area contributed by atoms with Crippen LogP contribution < -0.4 is 18.9 Å². The zero-order chi connectivity index (χ0) is 57.4. The van der Waals surface area contributed by atoms with Gasteiger partial charge in [0.05, 0.1) is 34.2 Å². The smallest absolute Gasteiger partial charge is 0.389 e. The molecular weight excluding hydrogens is 1050 g/mol. The van der Waals surface area contributed by atoms with Gasteiger partial charge in [-0.1, -0.05) is 60.7 Å². The number of nitro benzene ring substituents is 2. The summed E-state index contributed by atoms with van der Waals surface area (Å²) < 4.78 is 96.0. The number of hydrogen-bond acceptors (Lipinski definition) is 14. The summed E-state index contributed by atoms with van der Waals surface area (Å²) in [6, 6.07) is 32.3. The van der Waals surface area contributed by atoms with Crippen molar-refractivity contribution in [2.75, 3.05) is 13.2 Å². The summed E-state index contributed by atoms with van der Waals surface area (Å²) in [5.41, 5.74) is -1.45. The molecule has 0 atom stereocenters. The monoisotopic (exact) mass is 1100 g/mol. The minimum atomic E-state index is -4.31. The van der Waals surface area contributed by atoms with Crippen molar-refractivity contribution in [2.24, 2.45) is 5.41 Å². The molecule has 16 nitrogen and oxygen atoms in total. The van der Waals surface area contributed by atoms with E-state index in [1.54, 1.807) is 0 Å². The van der Waals surface area contributed by atoms with Crippen LogP contribution in [0.3, 0.4) is 0 Å². The fraction of sp³-hybridized carbons (Fsp3) is 0.228. The maximum Gasteiger partial charge on any atom is 0.389 e. The molecule has 0 aliphatic carbocycles. The molecule has 0 aliphatic heterocycles. The minimum Gasteiger partial charge on any atom is -0.494 e. The maximum atomic E-state index is 14.2. The number of aliphatic hydroxyl groups is 2. The van der Waals surface area contributed by atoms with Gasteiger partial charge in [0.2, 0.25) is 11.6 Å². The molecule has 6 aromatic rings. The number of benzene rings is 6. The first-order chi connectivity index (χ1) is 37.4. The van der Waals surface area contributed by atoms with Crippen molar-refractivity contribution in [1.82, 2.24) is 0 Å². The van der Waals surface area contributed by atoms with Crippen LogP contribution >= 0.6 is 0 Å². The van der Waals surface area contributed by atoms with Gasteiger partial charge in [-0.2, -0.15) is 26.3 Å². The summed E-state index contributed by atoms with van der Waals surface area (Å²) >= 11 is 0. The predicted octanol–water partition coefficient (Wildman–Crippen LogP) is 11.8. The number of rotatable bonds is 26. The molecule has 0 radical (unpaired) electrons. The van der Waals surface area contributed by atoms with E-state index in [1.807, 2.05) is 0 Å². The molecule has 0 unspecified atom stereocenters. The lowest BCUT2D eigenvalue weighted by atomic mass is 9.65. The van der Waals surface area contributed by atoms with Crippen molar-refractivity contribution in [3.63, 3.8) is 0 Å². The highest BCUT2D eigenvalue weighted by atomic mass is 19.4. The molecule has 0 fully saturated rings. The number of nitro groups is 2. The number of nitrogens with zero attached hydrogens (tertiary/aromatic N) is 2. The summed E-state index contributed by atoms with van der Waals surface area (Å²) in [5.74, 6) is -6.37. The largest absolute Gasteiger partial charge is 0.494 e. The normalized spacial score (nSPS) is 12.1. The lowest BCUT2D eigenvalue weighted by molar-refractivity contribution is -0.385. The fourth-order valence-electron chi connectivity index (χ4n) is 7.87. The van der Waals surface area contributed by atoms with Gasteiger partial charge in [-0.25, -0.2) is 9.59 Å². The van der Waals surface area contributed by atoms with Crippen LogP contribution in [0.15, 0.2) is 158 Å². The van der Waals surface area contributed by atoms with E-state index in [1.165, 1.54) is 133 Å². The summed E-state index contributed by atoms with van der Waals surface area (Å²) in [6.45, 7) is -0.374. The number of carbonyl (C=O) groups is 4. The second-order valence-corrected chi connectivity index (χ2v) is 17.9. The number of ether oxygens (including phenoxy) is 4. The van der Waals surface area contributed by atoms with Crippen LogP contribution in [-0.4, -0.2) is 74.9 Å². The van der Waals surface area contributed by atoms with Gasteiger partial charge in [0.15, 0.2) is 5.78 Å². The first-order valence-electron chi connectivity index (χ1n) is 24.0. The molecule has 79 heavy (non-hydrogen) atoms. The van der Waals surface area contributed by atoms with Gasteiger partial charge in [-0.3, -0.25) is 29.8 Å². The number of allylic oxidation sites excluding steroid dienone is 1. The molecule has 0 saturated heterocycles. The Kier molecular flexibility index (Phi) is 19.8. The number of non-ortho nitro benzene ring substituents is 2. The molecule has 0 spiro atoms. The van der Waals surface area contributed by atoms with Crippen molar-refractivity contribution in [2.45, 2.75) is 63.1 Å². The Labute approximate surface area is 446 Å². The molecule has 412 valence electrons. The Morgan fingerprint density at radius 1 is 0.494 bits per heavy atom. The van der Waals surface area contributed by atoms with E-state index in [-0.39, 0.29) is 82.7 Å². The van der Waals surface area contributed by atoms with Gasteiger partial charge in [0.25, 0.3) is 11.4 Å². The third-order valence-corrected chi connectivity index (χ3v) is 12.0. The topological polar surface area (TPSA) is 232 Å². The van der Waals surface area contributed by atoms with E-state index >= 15 is 0 Å². The van der Waals surface area contributed by atoms with Crippen molar-refractivity contribution < 1.29 is 84.5 Å². The average Bonchev–Trinajstić information content (AvgIpc) is 3.52. The summed E-state index contributed by atoms with van der Waals surface area (Å²) in [7, 11) is 0. The third kappa shape index (κ3) is 18.0. The quantitative estimate of drug-likeness (QED) is 0.00752. The predicted molar refractivity (Wildman–Crippen MR) is 273 cm³/mol. The molecule has 6 rings (SSSR count). The van der Waals surface area contributed by atoms with Gasteiger partial charge < -0.3 is 29.2 Å². The average molecular weight is 1100 g/mol. The Bertz CT molecular complexity index is 3080. The number of hydrogen-bond donors (Lipinski definition) is 2. The molecule has 0 amide bonds. The van der Waals surface area contributed by atoms with Crippen molar-refractivity contribution >= 4 is 47.0 Å². The lowest BCUT2D eigenvalue weighted by Crippen LogP contribution is -2.57. The van der Waals surface area contributed by atoms with Crippen LogP contribution in [0.1, 0.15) is 75.1 Å². The highest BCUT2D eigenvalue weighted by Crippen LogP contribution is 2.43. The fourth-order valence-corrected chi connectivity index (χ4v) is 7.87. The van der Waals surface area contributed by atoms with Crippen LogP contribution in [0.25, 0.3) is 12.2 Å². The molecular formula is C57H48F6N2O14. The van der Waals surface area contributed by atoms with Gasteiger partial charge in [0, 0.05) is 48.9 Å². The SMILES string of the molecule is O=C(/C=C/c1ccc(OC(=O)c2ccc(OCCCC(F)(F)F)cc2)cc1)CC(Cc1ccc([N+](=O)[O-])cc1)(Cc1ccc([N+](=O)[O-])cc1)C(O)(O)C(=O)/C=C/c1ccc(OC(=O)c2ccc(OCCCC(F)(F)F)cc2)cc1. The maximum absolute atomic E-state index is 14.2. The Morgan fingerprint density at radius 3 is 1.20 bits per heavy atom. The molecule has 0 bridgehead atoms. The Balaban J connectivity index is 1.19. The van der Waals surface area contributed by atoms with E-state index in [9.17, 15) is 76.0 Å². The van der Waals surface area contributed by atoms with E-state index in [0.717, 1.165) is 36.4 Å². The Morgan fingerprint density at radius 2 is 0.848 bits per heavy atom. The molecule has 0 aromatic heterocycles. The standard InChI is InChI=1S/C57H48F6N2O14/c58-55(59,60)31-1-33-76-47-26-13-42(14-27-47)52(68)78-49-22-8-38(9-23-49)7-21-46(66)37-54(35-40-3-17-44(18-4-40)64(72)73,36-41-5-19-45(20-6-41)65(74)75)57(70,71)51(67)30-12-39-10-24-50(25-11-39)79-53(69)43-15-28-48(29-16-43)77-34-2-32-56(61,62)63/h3-30,70-71H,1-2,31-37H2/b21-7+,30-12+. The molecule has 0 saturated carbocycles. The number of halogens is 6. The second-order valence-electron chi connectivity index (χ2n) is 17.9. The molecule has 0 aliphatic rings. The van der Waals surface area contributed by atoms with Gasteiger partial charge in [-0.05, 0) is 133 Å².